The fourth-order valence-electron chi connectivity index (χ4n) is 5.49. The van der Waals surface area contributed by atoms with Crippen molar-refractivity contribution in [3.8, 4) is 0 Å². The molecule has 22 nitrogen and oxygen atoms in total. The van der Waals surface area contributed by atoms with Crippen LogP contribution in [0.4, 0.5) is 0 Å². The predicted molar refractivity (Wildman–Crippen MR) is 147 cm³/mol. The van der Waals surface area contributed by atoms with Gasteiger partial charge in [0.2, 0.25) is 5.91 Å². The second kappa shape index (κ2) is 18.0. The molecular weight excluding hydrogens is 662 g/mol. The second-order valence-electron chi connectivity index (χ2n) is 11.5. The summed E-state index contributed by atoms with van der Waals surface area (Å²) < 4.78 is 33.0. The van der Waals surface area contributed by atoms with Gasteiger partial charge >= 0.3 is 0 Å². The molecule has 3 fully saturated rings. The summed E-state index contributed by atoms with van der Waals surface area (Å²) in [5.41, 5.74) is 0. The van der Waals surface area contributed by atoms with Crippen molar-refractivity contribution in [2.75, 3.05) is 26.4 Å². The van der Waals surface area contributed by atoms with Crippen LogP contribution in [0.1, 0.15) is 6.92 Å². The summed E-state index contributed by atoms with van der Waals surface area (Å²) in [6.45, 7) is -2.69. The van der Waals surface area contributed by atoms with Gasteiger partial charge in [-0.05, 0) is 0 Å². The van der Waals surface area contributed by atoms with E-state index in [1.54, 1.807) is 0 Å². The van der Waals surface area contributed by atoms with Crippen LogP contribution in [0.15, 0.2) is 0 Å². The van der Waals surface area contributed by atoms with E-state index in [4.69, 9.17) is 28.4 Å². The molecule has 3 aliphatic rings. The maximum Gasteiger partial charge on any atom is 0.217 e. The number of rotatable bonds is 15. The van der Waals surface area contributed by atoms with E-state index in [1.807, 2.05) is 0 Å². The number of hydrogen-bond donors (Lipinski definition) is 14. The van der Waals surface area contributed by atoms with Crippen LogP contribution in [0, 0.1) is 0 Å². The van der Waals surface area contributed by atoms with Gasteiger partial charge in [-0.1, -0.05) is 0 Å². The van der Waals surface area contributed by atoms with Crippen molar-refractivity contribution in [3.05, 3.63) is 0 Å². The van der Waals surface area contributed by atoms with Gasteiger partial charge in [-0.15, -0.1) is 0 Å². The van der Waals surface area contributed by atoms with E-state index in [1.165, 1.54) is 0 Å². The molecule has 3 aliphatic heterocycles. The molecule has 3 heterocycles. The Hall–Kier alpha value is -1.62. The first kappa shape index (κ1) is 40.8. The molecule has 3 saturated heterocycles. The SMILES string of the molecule is CC(=O)N[C@H]1[C@H](O[C@H]2[C@@H](O)[C@@H](CO)O[C@H](O[C@@H]3[C@H](O)[C@@H](O)[C@H](O[C@@H]([C@H](O)[C@@H](O)C=O)[C@H](O)CO)O[C@@H]3CO)[C@@H]2O)O[C@H](CO)[C@H](O)[C@@H]1O. The number of aldehydes is 1. The summed E-state index contributed by atoms with van der Waals surface area (Å²) in [4.78, 5) is 22.7. The highest BCUT2D eigenvalue weighted by Gasteiger charge is 2.54. The molecule has 0 unspecified atom stereocenters. The van der Waals surface area contributed by atoms with E-state index in [-0.39, 0.29) is 6.29 Å². The Morgan fingerprint density at radius 2 is 1.25 bits per heavy atom. The summed E-state index contributed by atoms with van der Waals surface area (Å²) >= 11 is 0. The van der Waals surface area contributed by atoms with E-state index in [0.717, 1.165) is 6.92 Å². The van der Waals surface area contributed by atoms with E-state index in [2.05, 4.69) is 5.32 Å². The number of amides is 1. The minimum atomic E-state index is -2.15. The van der Waals surface area contributed by atoms with Gasteiger partial charge in [0.05, 0.1) is 26.4 Å². The highest BCUT2D eigenvalue weighted by molar-refractivity contribution is 5.73. The second-order valence-corrected chi connectivity index (χ2v) is 11.5. The largest absolute Gasteiger partial charge is 0.394 e. The van der Waals surface area contributed by atoms with Gasteiger partial charge in [0.25, 0.3) is 0 Å². The third-order valence-electron chi connectivity index (χ3n) is 8.16. The molecule has 0 spiro atoms. The predicted octanol–water partition coefficient (Wildman–Crippen LogP) is -9.76. The monoisotopic (exact) mass is 707 g/mol. The van der Waals surface area contributed by atoms with E-state index in [9.17, 15) is 76.0 Å². The van der Waals surface area contributed by atoms with Crippen molar-refractivity contribution in [1.29, 1.82) is 0 Å². The Labute approximate surface area is 272 Å². The molecule has 1 amide bonds. The molecule has 0 aromatic carbocycles. The van der Waals surface area contributed by atoms with E-state index in [0.29, 0.717) is 0 Å². The average molecular weight is 708 g/mol. The molecule has 48 heavy (non-hydrogen) atoms. The van der Waals surface area contributed by atoms with Gasteiger partial charge in [-0.25, -0.2) is 0 Å². The van der Waals surface area contributed by atoms with E-state index >= 15 is 0 Å². The highest BCUT2D eigenvalue weighted by atomic mass is 16.8. The average Bonchev–Trinajstić information content (AvgIpc) is 3.07. The minimum absolute atomic E-state index is 0.0988. The van der Waals surface area contributed by atoms with Gasteiger partial charge in [0, 0.05) is 6.92 Å². The van der Waals surface area contributed by atoms with E-state index < -0.39 is 149 Å². The number of carbonyl (C=O) groups excluding carboxylic acids is 2. The smallest absolute Gasteiger partial charge is 0.217 e. The number of hydrogen-bond acceptors (Lipinski definition) is 21. The molecule has 0 bridgehead atoms. The molecule has 0 saturated carbocycles. The third kappa shape index (κ3) is 8.99. The molecular formula is C26H45NO21. The Bertz CT molecular complexity index is 1010. The maximum absolute atomic E-state index is 11.8. The van der Waals surface area contributed by atoms with Crippen LogP contribution in [-0.4, -0.2) is 221 Å². The van der Waals surface area contributed by atoms with Crippen LogP contribution in [0.25, 0.3) is 0 Å². The first-order chi connectivity index (χ1) is 22.6. The molecule has 280 valence electrons. The number of carbonyl (C=O) groups is 2. The lowest BCUT2D eigenvalue weighted by molar-refractivity contribution is -0.379. The lowest BCUT2D eigenvalue weighted by Gasteiger charge is -2.49. The Kier molecular flexibility index (Phi) is 15.3. The fraction of sp³-hybridized carbons (Fsp3) is 0.923. The van der Waals surface area contributed by atoms with Crippen molar-refractivity contribution in [1.82, 2.24) is 5.32 Å². The molecule has 0 aromatic heterocycles. The number of aliphatic hydroxyl groups excluding tert-OH is 13. The summed E-state index contributed by atoms with van der Waals surface area (Å²) in [5, 5.41) is 136. The number of ether oxygens (including phenoxy) is 6. The maximum atomic E-state index is 11.8. The van der Waals surface area contributed by atoms with Crippen molar-refractivity contribution in [2.45, 2.75) is 123 Å². The third-order valence-corrected chi connectivity index (χ3v) is 8.16. The summed E-state index contributed by atoms with van der Waals surface area (Å²) in [6, 6.07) is -1.51. The van der Waals surface area contributed by atoms with Crippen LogP contribution in [-0.2, 0) is 38.0 Å². The van der Waals surface area contributed by atoms with Crippen LogP contribution in [0.5, 0.6) is 0 Å². The first-order valence-electron chi connectivity index (χ1n) is 14.9. The van der Waals surface area contributed by atoms with Crippen LogP contribution in [0.2, 0.25) is 0 Å². The molecule has 3 rings (SSSR count). The van der Waals surface area contributed by atoms with Crippen LogP contribution in [0.3, 0.4) is 0 Å². The van der Waals surface area contributed by atoms with Gasteiger partial charge in [0.15, 0.2) is 25.2 Å². The quantitative estimate of drug-likeness (QED) is 0.0702. The summed E-state index contributed by atoms with van der Waals surface area (Å²) in [7, 11) is 0. The van der Waals surface area contributed by atoms with Gasteiger partial charge in [0.1, 0.15) is 97.6 Å². The van der Waals surface area contributed by atoms with Crippen molar-refractivity contribution in [3.63, 3.8) is 0 Å². The Morgan fingerprint density at radius 3 is 1.79 bits per heavy atom. The summed E-state index contributed by atoms with van der Waals surface area (Å²) in [5.74, 6) is -0.706. The lowest BCUT2D eigenvalue weighted by atomic mass is 9.95. The van der Waals surface area contributed by atoms with Gasteiger partial charge in [-0.2, -0.15) is 0 Å². The van der Waals surface area contributed by atoms with Gasteiger partial charge < -0.3 is 105 Å². The molecule has 14 N–H and O–H groups in total. The normalized spacial score (nSPS) is 43.2. The molecule has 0 aromatic rings. The molecule has 22 heteroatoms. The molecule has 0 radical (unpaired) electrons. The zero-order valence-electron chi connectivity index (χ0n) is 25.5. The first-order valence-corrected chi connectivity index (χ1v) is 14.9. The zero-order chi connectivity index (χ0) is 36.0. The standard InChI is InChI=1S/C26H45NO21/c1-7(33)27-13-17(39)15(37)10(4-30)43-24(13)48-23-16(38)11(5-31)44-26(20(23)42)47-22-12(6-32)45-25(19(41)18(22)40)46-21(9(35)3-29)14(36)8(34)2-28/h2,8-26,29-32,34-42H,3-6H2,1H3,(H,27,33)/t8-,9+,10+,11+,12+,13+,14+,15-,16-,17+,18+,19+,20+,21+,22-,23-,24-,25-,26+/m0/s1. The molecule has 19 atom stereocenters. The number of nitrogens with one attached hydrogen (secondary N) is 1. The summed E-state index contributed by atoms with van der Waals surface area (Å²) in [6.07, 6.45) is -33.8. The Morgan fingerprint density at radius 1 is 0.708 bits per heavy atom. The van der Waals surface area contributed by atoms with Crippen LogP contribution < -0.4 is 5.32 Å². The van der Waals surface area contributed by atoms with Crippen LogP contribution >= 0.6 is 0 Å². The Balaban J connectivity index is 1.82. The fourth-order valence-corrected chi connectivity index (χ4v) is 5.49. The lowest BCUT2D eigenvalue weighted by Crippen LogP contribution is -2.68. The topological polar surface area (TPSA) is 365 Å². The van der Waals surface area contributed by atoms with Crippen molar-refractivity contribution < 1.29 is 104 Å². The highest BCUT2D eigenvalue weighted by Crippen LogP contribution is 2.33. The van der Waals surface area contributed by atoms with Gasteiger partial charge in [-0.3, -0.25) is 4.79 Å². The zero-order valence-corrected chi connectivity index (χ0v) is 25.5. The minimum Gasteiger partial charge on any atom is -0.394 e. The van der Waals surface area contributed by atoms with Crippen molar-refractivity contribution >= 4 is 12.2 Å². The molecule has 0 aliphatic carbocycles. The number of aliphatic hydroxyl groups is 13. The van der Waals surface area contributed by atoms with Crippen molar-refractivity contribution in [2.24, 2.45) is 0 Å².